The van der Waals surface area contributed by atoms with Crippen LogP contribution in [0.2, 0.25) is 0 Å². The van der Waals surface area contributed by atoms with Crippen LogP contribution in [0.15, 0.2) is 42.0 Å². The van der Waals surface area contributed by atoms with Gasteiger partial charge >= 0.3 is 11.9 Å². The number of esters is 1. The number of carboxylic acids is 1. The van der Waals surface area contributed by atoms with Crippen molar-refractivity contribution in [2.75, 3.05) is 6.61 Å². The molecule has 0 fully saturated rings. The van der Waals surface area contributed by atoms with Crippen LogP contribution in [0.4, 0.5) is 0 Å². The highest BCUT2D eigenvalue weighted by molar-refractivity contribution is 5.90. The lowest BCUT2D eigenvalue weighted by atomic mass is 10.1. The lowest BCUT2D eigenvalue weighted by molar-refractivity contribution is -0.143. The molecular weight excluding hydrogens is 284 g/mol. The maximum Gasteiger partial charge on any atom is 0.334 e. The Balaban J connectivity index is 1.64. The SMILES string of the molecule is O=C(O)CC[C@@H]1C=C(CCCOCc2ccccc2)C(=O)O1. The van der Waals surface area contributed by atoms with Gasteiger partial charge < -0.3 is 14.6 Å². The van der Waals surface area contributed by atoms with Crippen molar-refractivity contribution in [1.82, 2.24) is 0 Å². The normalized spacial score (nSPS) is 17.2. The zero-order valence-corrected chi connectivity index (χ0v) is 12.4. The first-order valence-electron chi connectivity index (χ1n) is 7.40. The largest absolute Gasteiger partial charge is 0.481 e. The molecule has 1 atom stereocenters. The minimum atomic E-state index is -0.882. The maximum absolute atomic E-state index is 11.6. The topological polar surface area (TPSA) is 72.8 Å². The molecule has 0 saturated heterocycles. The van der Waals surface area contributed by atoms with E-state index in [1.165, 1.54) is 0 Å². The number of carboxylic acid groups (broad SMARTS) is 1. The molecule has 118 valence electrons. The predicted octanol–water partition coefficient (Wildman–Crippen LogP) is 2.70. The van der Waals surface area contributed by atoms with Crippen LogP contribution in [0, 0.1) is 0 Å². The van der Waals surface area contributed by atoms with Crippen molar-refractivity contribution in [2.45, 2.75) is 38.4 Å². The van der Waals surface area contributed by atoms with E-state index in [9.17, 15) is 9.59 Å². The quantitative estimate of drug-likeness (QED) is 0.561. The number of cyclic esters (lactones) is 1. The van der Waals surface area contributed by atoms with E-state index < -0.39 is 12.1 Å². The van der Waals surface area contributed by atoms with Gasteiger partial charge in [0.25, 0.3) is 0 Å². The Morgan fingerprint density at radius 1 is 1.27 bits per heavy atom. The van der Waals surface area contributed by atoms with Gasteiger partial charge in [0.15, 0.2) is 0 Å². The number of aliphatic carboxylic acids is 1. The molecule has 2 rings (SSSR count). The number of carbonyl (C=O) groups excluding carboxylic acids is 1. The molecule has 22 heavy (non-hydrogen) atoms. The van der Waals surface area contributed by atoms with E-state index in [0.29, 0.717) is 31.6 Å². The highest BCUT2D eigenvalue weighted by atomic mass is 16.5. The molecule has 0 aliphatic carbocycles. The van der Waals surface area contributed by atoms with E-state index in [0.717, 1.165) is 12.0 Å². The van der Waals surface area contributed by atoms with Crippen LogP contribution in [-0.2, 0) is 25.7 Å². The van der Waals surface area contributed by atoms with Crippen molar-refractivity contribution in [1.29, 1.82) is 0 Å². The monoisotopic (exact) mass is 304 g/mol. The molecule has 1 aliphatic rings. The fraction of sp³-hybridized carbons (Fsp3) is 0.412. The lowest BCUT2D eigenvalue weighted by Crippen LogP contribution is -2.10. The molecule has 0 spiro atoms. The second-order valence-electron chi connectivity index (χ2n) is 5.21. The summed E-state index contributed by atoms with van der Waals surface area (Å²) in [6.45, 7) is 1.13. The summed E-state index contributed by atoms with van der Waals surface area (Å²) in [5, 5.41) is 8.62. The maximum atomic E-state index is 11.6. The molecule has 1 heterocycles. The van der Waals surface area contributed by atoms with Gasteiger partial charge in [-0.3, -0.25) is 4.79 Å². The smallest absolute Gasteiger partial charge is 0.334 e. The predicted molar refractivity (Wildman–Crippen MR) is 80.2 cm³/mol. The fourth-order valence-corrected chi connectivity index (χ4v) is 2.26. The molecule has 1 aromatic rings. The first-order chi connectivity index (χ1) is 10.6. The number of benzene rings is 1. The van der Waals surface area contributed by atoms with E-state index >= 15 is 0 Å². The molecule has 1 N–H and O–H groups in total. The van der Waals surface area contributed by atoms with Gasteiger partial charge in [-0.05, 0) is 30.9 Å². The first kappa shape index (κ1) is 16.2. The molecule has 5 heteroatoms. The van der Waals surface area contributed by atoms with Crippen molar-refractivity contribution < 1.29 is 24.2 Å². The van der Waals surface area contributed by atoms with Gasteiger partial charge in [-0.25, -0.2) is 4.79 Å². The van der Waals surface area contributed by atoms with Crippen LogP contribution in [-0.4, -0.2) is 29.8 Å². The molecule has 0 aromatic heterocycles. The van der Waals surface area contributed by atoms with Gasteiger partial charge in [-0.1, -0.05) is 30.3 Å². The lowest BCUT2D eigenvalue weighted by Gasteiger charge is -2.05. The second-order valence-corrected chi connectivity index (χ2v) is 5.21. The summed E-state index contributed by atoms with van der Waals surface area (Å²) in [5.41, 5.74) is 1.74. The van der Waals surface area contributed by atoms with Crippen molar-refractivity contribution >= 4 is 11.9 Å². The van der Waals surface area contributed by atoms with Gasteiger partial charge in [0.05, 0.1) is 6.61 Å². The van der Waals surface area contributed by atoms with Gasteiger partial charge in [0.1, 0.15) is 6.10 Å². The Labute approximate surface area is 129 Å². The molecule has 0 amide bonds. The van der Waals surface area contributed by atoms with E-state index in [2.05, 4.69) is 0 Å². The van der Waals surface area contributed by atoms with Crippen molar-refractivity contribution in [3.05, 3.63) is 47.5 Å². The molecule has 1 aromatic carbocycles. The molecule has 0 bridgehead atoms. The van der Waals surface area contributed by atoms with E-state index in [1.807, 2.05) is 30.3 Å². The Morgan fingerprint density at radius 3 is 2.77 bits per heavy atom. The van der Waals surface area contributed by atoms with Gasteiger partial charge in [0, 0.05) is 18.6 Å². The zero-order valence-electron chi connectivity index (χ0n) is 12.4. The van der Waals surface area contributed by atoms with Crippen LogP contribution in [0.3, 0.4) is 0 Å². The van der Waals surface area contributed by atoms with E-state index in [1.54, 1.807) is 6.08 Å². The molecule has 0 unspecified atom stereocenters. The highest BCUT2D eigenvalue weighted by Crippen LogP contribution is 2.21. The van der Waals surface area contributed by atoms with Crippen LogP contribution < -0.4 is 0 Å². The zero-order chi connectivity index (χ0) is 15.8. The fourth-order valence-electron chi connectivity index (χ4n) is 2.26. The van der Waals surface area contributed by atoms with Gasteiger partial charge in [-0.2, -0.15) is 0 Å². The van der Waals surface area contributed by atoms with Gasteiger partial charge in [-0.15, -0.1) is 0 Å². The molecule has 1 aliphatic heterocycles. The van der Waals surface area contributed by atoms with Gasteiger partial charge in [0.2, 0.25) is 0 Å². The minimum absolute atomic E-state index is 0.00190. The summed E-state index contributed by atoms with van der Waals surface area (Å²) < 4.78 is 10.7. The Hall–Kier alpha value is -2.14. The van der Waals surface area contributed by atoms with Crippen LogP contribution in [0.1, 0.15) is 31.2 Å². The third-order valence-corrected chi connectivity index (χ3v) is 3.40. The summed E-state index contributed by atoms with van der Waals surface area (Å²) in [4.78, 5) is 22.1. The number of rotatable bonds is 9. The Morgan fingerprint density at radius 2 is 2.05 bits per heavy atom. The number of ether oxygens (including phenoxy) is 2. The molecule has 0 saturated carbocycles. The average molecular weight is 304 g/mol. The summed E-state index contributed by atoms with van der Waals surface area (Å²) in [7, 11) is 0. The van der Waals surface area contributed by atoms with E-state index in [-0.39, 0.29) is 12.4 Å². The Bertz CT molecular complexity index is 535. The minimum Gasteiger partial charge on any atom is -0.481 e. The Kier molecular flexibility index (Phi) is 6.15. The standard InChI is InChI=1S/C17H20O5/c18-16(19)9-8-15-11-14(17(20)22-15)7-4-10-21-12-13-5-2-1-3-6-13/h1-3,5-6,11,15H,4,7-10,12H2,(H,18,19)/t15-/m1/s1. The van der Waals surface area contributed by atoms with Crippen molar-refractivity contribution in [3.63, 3.8) is 0 Å². The van der Waals surface area contributed by atoms with Crippen molar-refractivity contribution in [2.24, 2.45) is 0 Å². The van der Waals surface area contributed by atoms with Crippen LogP contribution >= 0.6 is 0 Å². The molecular formula is C17H20O5. The second kappa shape index (κ2) is 8.34. The van der Waals surface area contributed by atoms with Crippen LogP contribution in [0.5, 0.6) is 0 Å². The summed E-state index contributed by atoms with van der Waals surface area (Å²) in [5.74, 6) is -1.22. The average Bonchev–Trinajstić information content (AvgIpc) is 2.86. The molecule has 5 nitrogen and oxygen atoms in total. The summed E-state index contributed by atoms with van der Waals surface area (Å²) in [6.07, 6.45) is 3.00. The molecule has 0 radical (unpaired) electrons. The number of carbonyl (C=O) groups is 2. The first-order valence-corrected chi connectivity index (χ1v) is 7.40. The van der Waals surface area contributed by atoms with E-state index in [4.69, 9.17) is 14.6 Å². The number of hydrogen-bond acceptors (Lipinski definition) is 4. The van der Waals surface area contributed by atoms with Crippen molar-refractivity contribution in [3.8, 4) is 0 Å². The third kappa shape index (κ3) is 5.33. The van der Waals surface area contributed by atoms with Crippen LogP contribution in [0.25, 0.3) is 0 Å². The highest BCUT2D eigenvalue weighted by Gasteiger charge is 2.25. The summed E-state index contributed by atoms with van der Waals surface area (Å²) >= 11 is 0. The summed E-state index contributed by atoms with van der Waals surface area (Å²) in [6, 6.07) is 9.90. The third-order valence-electron chi connectivity index (χ3n) is 3.40. The number of hydrogen-bond donors (Lipinski definition) is 1.